The van der Waals surface area contributed by atoms with Gasteiger partial charge in [-0.2, -0.15) is 0 Å². The van der Waals surface area contributed by atoms with Gasteiger partial charge < -0.3 is 20.1 Å². The van der Waals surface area contributed by atoms with Crippen molar-refractivity contribution in [2.45, 2.75) is 51.1 Å². The van der Waals surface area contributed by atoms with Gasteiger partial charge in [0, 0.05) is 0 Å². The summed E-state index contributed by atoms with van der Waals surface area (Å²) in [7, 11) is 0. The average Bonchev–Trinajstić information content (AvgIpc) is 3.37. The lowest BCUT2D eigenvalue weighted by molar-refractivity contribution is -0.135. The Kier molecular flexibility index (Phi) is 5.23. The van der Waals surface area contributed by atoms with Crippen LogP contribution in [0.3, 0.4) is 0 Å². The number of aryl methyl sites for hydroxylation is 2. The van der Waals surface area contributed by atoms with E-state index >= 15 is 0 Å². The Morgan fingerprint density at radius 2 is 1.85 bits per heavy atom. The minimum Gasteiger partial charge on any atom is -0.454 e. The number of nitrogens with one attached hydrogen (secondary N) is 2. The molecule has 0 saturated carbocycles. The third-order valence-electron chi connectivity index (χ3n) is 6.78. The van der Waals surface area contributed by atoms with E-state index < -0.39 is 23.4 Å². The molecule has 2 N–H and O–H groups in total. The summed E-state index contributed by atoms with van der Waals surface area (Å²) in [5.74, 6) is 0.235. The molecule has 172 valence electrons. The van der Waals surface area contributed by atoms with E-state index in [9.17, 15) is 14.4 Å². The van der Waals surface area contributed by atoms with E-state index in [0.29, 0.717) is 17.1 Å². The number of ether oxygens (including phenoxy) is 2. The molecule has 0 aromatic heterocycles. The van der Waals surface area contributed by atoms with E-state index in [4.69, 9.17) is 9.47 Å². The van der Waals surface area contributed by atoms with Gasteiger partial charge in [-0.05, 0) is 73.9 Å². The maximum absolute atomic E-state index is 13.2. The van der Waals surface area contributed by atoms with Gasteiger partial charge in [0.25, 0.3) is 5.91 Å². The number of imide groups is 1. The minimum atomic E-state index is -1.29. The first-order valence-electron chi connectivity index (χ1n) is 11.3. The Balaban J connectivity index is 1.27. The van der Waals surface area contributed by atoms with Gasteiger partial charge in [0.05, 0.1) is 6.04 Å². The van der Waals surface area contributed by atoms with Gasteiger partial charge in [0.2, 0.25) is 12.7 Å². The first-order valence-corrected chi connectivity index (χ1v) is 11.3. The zero-order valence-electron chi connectivity index (χ0n) is 18.8. The monoisotopic (exact) mass is 449 g/mol. The van der Waals surface area contributed by atoms with E-state index in [2.05, 4.69) is 22.8 Å². The number of hydrogen-bond acceptors (Lipinski definition) is 5. The van der Waals surface area contributed by atoms with E-state index in [-0.39, 0.29) is 19.4 Å². The lowest BCUT2D eigenvalue weighted by Gasteiger charge is -2.23. The van der Waals surface area contributed by atoms with Crippen molar-refractivity contribution in [2.75, 3.05) is 13.3 Å². The first-order chi connectivity index (χ1) is 15.8. The van der Waals surface area contributed by atoms with Crippen LogP contribution in [0.4, 0.5) is 4.79 Å². The molecule has 1 saturated heterocycles. The number of amides is 4. The Morgan fingerprint density at radius 1 is 1.09 bits per heavy atom. The number of carbonyl (C=O) groups is 3. The maximum Gasteiger partial charge on any atom is 0.325 e. The van der Waals surface area contributed by atoms with Gasteiger partial charge in [0.1, 0.15) is 12.1 Å². The maximum atomic E-state index is 13.2. The molecule has 2 aromatic carbocycles. The van der Waals surface area contributed by atoms with E-state index in [1.54, 1.807) is 25.1 Å². The van der Waals surface area contributed by atoms with Crippen molar-refractivity contribution in [1.82, 2.24) is 15.5 Å². The van der Waals surface area contributed by atoms with Crippen molar-refractivity contribution in [3.05, 3.63) is 58.7 Å². The quantitative estimate of drug-likeness (QED) is 0.684. The van der Waals surface area contributed by atoms with Crippen LogP contribution < -0.4 is 20.1 Å². The predicted molar refractivity (Wildman–Crippen MR) is 120 cm³/mol. The average molecular weight is 450 g/mol. The van der Waals surface area contributed by atoms with E-state index in [0.717, 1.165) is 23.3 Å². The van der Waals surface area contributed by atoms with Crippen molar-refractivity contribution in [3.8, 4) is 11.5 Å². The highest BCUT2D eigenvalue weighted by atomic mass is 16.7. The summed E-state index contributed by atoms with van der Waals surface area (Å²) in [6.07, 6.45) is 4.57. The van der Waals surface area contributed by atoms with Crippen LogP contribution in [-0.4, -0.2) is 36.1 Å². The van der Waals surface area contributed by atoms with Crippen molar-refractivity contribution < 1.29 is 23.9 Å². The standard InChI is InChI=1S/C25H27N3O5/c1-15(17-8-7-16-5-3-4-6-18(16)11-17)26-22(29)13-28-23(30)25(2,27-24(28)31)19-9-10-20-21(12-19)33-14-32-20/h7-12,15H,3-6,13-14H2,1-2H3,(H,26,29)(H,27,31)/t15-,25+/m0/s1. The van der Waals surface area contributed by atoms with Crippen molar-refractivity contribution >= 4 is 17.8 Å². The van der Waals surface area contributed by atoms with Crippen LogP contribution in [0, 0.1) is 0 Å². The summed E-state index contributed by atoms with van der Waals surface area (Å²) < 4.78 is 10.7. The molecule has 8 heteroatoms. The zero-order valence-corrected chi connectivity index (χ0v) is 18.8. The molecule has 4 amide bonds. The SMILES string of the molecule is C[C@H](NC(=O)CN1C(=O)N[C@](C)(c2ccc3c(c2)OCO3)C1=O)c1ccc2c(c1)CCCC2. The van der Waals surface area contributed by atoms with Gasteiger partial charge in [-0.15, -0.1) is 0 Å². The molecule has 2 aromatic rings. The number of hydrogen-bond donors (Lipinski definition) is 2. The fourth-order valence-corrected chi connectivity index (χ4v) is 4.78. The Bertz CT molecular complexity index is 1150. The van der Waals surface area contributed by atoms with Gasteiger partial charge >= 0.3 is 6.03 Å². The largest absolute Gasteiger partial charge is 0.454 e. The van der Waals surface area contributed by atoms with Crippen LogP contribution in [0.15, 0.2) is 36.4 Å². The number of benzene rings is 2. The lowest BCUT2D eigenvalue weighted by atomic mass is 9.89. The highest BCUT2D eigenvalue weighted by Crippen LogP contribution is 2.37. The third-order valence-corrected chi connectivity index (χ3v) is 6.78. The van der Waals surface area contributed by atoms with Crippen LogP contribution in [-0.2, 0) is 28.0 Å². The number of urea groups is 1. The molecule has 1 aliphatic carbocycles. The first kappa shape index (κ1) is 21.3. The molecule has 8 nitrogen and oxygen atoms in total. The molecule has 2 aliphatic heterocycles. The Labute approximate surface area is 192 Å². The third kappa shape index (κ3) is 3.79. The molecular formula is C25H27N3O5. The summed E-state index contributed by atoms with van der Waals surface area (Å²) in [5, 5.41) is 5.65. The van der Waals surface area contributed by atoms with Crippen molar-refractivity contribution in [2.24, 2.45) is 0 Å². The summed E-state index contributed by atoms with van der Waals surface area (Å²) >= 11 is 0. The van der Waals surface area contributed by atoms with Crippen molar-refractivity contribution in [3.63, 3.8) is 0 Å². The molecule has 2 atom stereocenters. The summed E-state index contributed by atoms with van der Waals surface area (Å²) in [6, 6.07) is 10.6. The fraction of sp³-hybridized carbons (Fsp3) is 0.400. The van der Waals surface area contributed by atoms with Gasteiger partial charge in [0.15, 0.2) is 11.5 Å². The topological polar surface area (TPSA) is 97.0 Å². The summed E-state index contributed by atoms with van der Waals surface area (Å²) in [6.45, 7) is 3.30. The highest BCUT2D eigenvalue weighted by molar-refractivity contribution is 6.09. The second-order valence-corrected chi connectivity index (χ2v) is 9.04. The smallest absolute Gasteiger partial charge is 0.325 e. The van der Waals surface area contributed by atoms with E-state index in [1.807, 2.05) is 13.0 Å². The van der Waals surface area contributed by atoms with Crippen LogP contribution in [0.2, 0.25) is 0 Å². The normalized spacial score (nSPS) is 22.1. The molecule has 0 bridgehead atoms. The fourth-order valence-electron chi connectivity index (χ4n) is 4.78. The second kappa shape index (κ2) is 8.10. The van der Waals surface area contributed by atoms with Gasteiger partial charge in [-0.1, -0.05) is 24.3 Å². The van der Waals surface area contributed by atoms with Crippen molar-refractivity contribution in [1.29, 1.82) is 0 Å². The molecule has 0 radical (unpaired) electrons. The molecule has 5 rings (SSSR count). The molecule has 33 heavy (non-hydrogen) atoms. The van der Waals surface area contributed by atoms with E-state index in [1.165, 1.54) is 24.0 Å². The molecule has 2 heterocycles. The van der Waals surface area contributed by atoms with Gasteiger partial charge in [-0.25, -0.2) is 4.79 Å². The number of rotatable bonds is 5. The zero-order chi connectivity index (χ0) is 23.2. The van der Waals surface area contributed by atoms with Crippen LogP contribution >= 0.6 is 0 Å². The summed E-state index contributed by atoms with van der Waals surface area (Å²) in [4.78, 5) is 39.5. The molecule has 1 fully saturated rings. The van der Waals surface area contributed by atoms with Crippen LogP contribution in [0.25, 0.3) is 0 Å². The Morgan fingerprint density at radius 3 is 2.67 bits per heavy atom. The minimum absolute atomic E-state index is 0.116. The van der Waals surface area contributed by atoms with Gasteiger partial charge in [-0.3, -0.25) is 14.5 Å². The number of fused-ring (bicyclic) bond motifs is 2. The number of nitrogens with zero attached hydrogens (tertiary/aromatic N) is 1. The molecule has 0 unspecified atom stereocenters. The molecular weight excluding hydrogens is 422 g/mol. The summed E-state index contributed by atoms with van der Waals surface area (Å²) in [5.41, 5.74) is 3.02. The lowest BCUT2D eigenvalue weighted by Crippen LogP contribution is -2.43. The molecule has 0 spiro atoms. The highest BCUT2D eigenvalue weighted by Gasteiger charge is 2.50. The van der Waals surface area contributed by atoms with Crippen LogP contribution in [0.5, 0.6) is 11.5 Å². The Hall–Kier alpha value is -3.55. The predicted octanol–water partition coefficient (Wildman–Crippen LogP) is 2.94. The second-order valence-electron chi connectivity index (χ2n) is 9.04. The van der Waals surface area contributed by atoms with Crippen LogP contribution in [0.1, 0.15) is 55.0 Å². The number of carbonyl (C=O) groups excluding carboxylic acids is 3. The molecule has 3 aliphatic rings.